The number of nitrogens with one attached hydrogen (secondary N) is 3. The lowest BCUT2D eigenvalue weighted by atomic mass is 10.0. The van der Waals surface area contributed by atoms with Crippen LogP contribution in [-0.4, -0.2) is 65.8 Å². The average Bonchev–Trinajstić information content (AvgIpc) is 2.63. The number of unbranched alkanes of at least 4 members (excludes halogenated alkanes) is 1. The highest BCUT2D eigenvalue weighted by molar-refractivity contribution is 7.80. The molecule has 0 rings (SSSR count). The zero-order chi connectivity index (χ0) is 21.7. The summed E-state index contributed by atoms with van der Waals surface area (Å²) in [5.41, 5.74) is 11.1. The van der Waals surface area contributed by atoms with Crippen molar-refractivity contribution in [3.63, 3.8) is 0 Å². The first kappa shape index (κ1) is 26.1. The van der Waals surface area contributed by atoms with Crippen LogP contribution < -0.4 is 27.4 Å². The number of carboxylic acid groups (broad SMARTS) is 1. The molecule has 0 aromatic rings. The van der Waals surface area contributed by atoms with Crippen LogP contribution in [0, 0.1) is 5.92 Å². The summed E-state index contributed by atoms with van der Waals surface area (Å²) in [7, 11) is 0. The standard InChI is InChI=1S/C17H33N5O5S/c1-10(2)7-13(17(26)27)21-14(23)8-20-16(25)12(5-3-4-6-18)22-15(24)11(19)9-28/h10-13,28H,3-9,18-19H2,1-2H3,(H,20,25)(H,21,23)(H,22,24)(H,26,27). The quantitative estimate of drug-likeness (QED) is 0.134. The predicted molar refractivity (Wildman–Crippen MR) is 109 cm³/mol. The van der Waals surface area contributed by atoms with Gasteiger partial charge >= 0.3 is 5.97 Å². The van der Waals surface area contributed by atoms with Gasteiger partial charge in [-0.05, 0) is 38.1 Å². The van der Waals surface area contributed by atoms with Crippen LogP contribution in [0.2, 0.25) is 0 Å². The van der Waals surface area contributed by atoms with Gasteiger partial charge in [-0.25, -0.2) is 4.79 Å². The molecule has 0 spiro atoms. The minimum absolute atomic E-state index is 0.0779. The third-order valence-corrected chi connectivity index (χ3v) is 4.27. The second-order valence-corrected chi connectivity index (χ2v) is 7.31. The number of hydrogen-bond acceptors (Lipinski definition) is 7. The summed E-state index contributed by atoms with van der Waals surface area (Å²) in [6.45, 7) is 3.73. The molecule has 0 aliphatic rings. The van der Waals surface area contributed by atoms with Crippen LogP contribution in [0.25, 0.3) is 0 Å². The lowest BCUT2D eigenvalue weighted by molar-refractivity contribution is -0.142. The van der Waals surface area contributed by atoms with Crippen molar-refractivity contribution < 1.29 is 24.3 Å². The molecule has 10 nitrogen and oxygen atoms in total. The van der Waals surface area contributed by atoms with Crippen LogP contribution in [0.4, 0.5) is 0 Å². The van der Waals surface area contributed by atoms with Crippen molar-refractivity contribution in [2.75, 3.05) is 18.8 Å². The molecule has 0 radical (unpaired) electrons. The normalized spacial score (nSPS) is 14.1. The van der Waals surface area contributed by atoms with Crippen molar-refractivity contribution in [2.24, 2.45) is 17.4 Å². The van der Waals surface area contributed by atoms with Crippen LogP contribution in [0.3, 0.4) is 0 Å². The molecular formula is C17H33N5O5S. The highest BCUT2D eigenvalue weighted by Gasteiger charge is 2.25. The van der Waals surface area contributed by atoms with Gasteiger partial charge in [0.25, 0.3) is 0 Å². The molecule has 3 unspecified atom stereocenters. The van der Waals surface area contributed by atoms with E-state index in [1.807, 2.05) is 13.8 Å². The fourth-order valence-electron chi connectivity index (χ4n) is 2.35. The number of rotatable bonds is 14. The van der Waals surface area contributed by atoms with E-state index >= 15 is 0 Å². The second-order valence-electron chi connectivity index (χ2n) is 6.94. The Labute approximate surface area is 171 Å². The number of carboxylic acids is 1. The van der Waals surface area contributed by atoms with Gasteiger partial charge in [0.1, 0.15) is 12.1 Å². The van der Waals surface area contributed by atoms with Gasteiger partial charge in [-0.15, -0.1) is 0 Å². The molecule has 0 heterocycles. The van der Waals surface area contributed by atoms with Crippen molar-refractivity contribution in [3.05, 3.63) is 0 Å². The monoisotopic (exact) mass is 419 g/mol. The summed E-state index contributed by atoms with van der Waals surface area (Å²) in [6.07, 6.45) is 1.89. The first-order chi connectivity index (χ1) is 13.1. The van der Waals surface area contributed by atoms with Gasteiger partial charge in [0.2, 0.25) is 17.7 Å². The summed E-state index contributed by atoms with van der Waals surface area (Å²) in [4.78, 5) is 47.5. The Bertz CT molecular complexity index is 532. The van der Waals surface area contributed by atoms with E-state index in [9.17, 15) is 19.2 Å². The van der Waals surface area contributed by atoms with Crippen molar-refractivity contribution in [3.8, 4) is 0 Å². The number of amides is 3. The third kappa shape index (κ3) is 11.1. The Morgan fingerprint density at radius 3 is 2.18 bits per heavy atom. The fraction of sp³-hybridized carbons (Fsp3) is 0.765. The van der Waals surface area contributed by atoms with Crippen LogP contribution >= 0.6 is 12.6 Å². The van der Waals surface area contributed by atoms with E-state index in [4.69, 9.17) is 16.6 Å². The molecule has 0 saturated heterocycles. The molecule has 28 heavy (non-hydrogen) atoms. The zero-order valence-electron chi connectivity index (χ0n) is 16.4. The van der Waals surface area contributed by atoms with Gasteiger partial charge in [-0.2, -0.15) is 12.6 Å². The maximum atomic E-state index is 12.4. The minimum atomic E-state index is -1.14. The summed E-state index contributed by atoms with van der Waals surface area (Å²) >= 11 is 3.95. The van der Waals surface area contributed by atoms with Crippen LogP contribution in [0.15, 0.2) is 0 Å². The summed E-state index contributed by atoms with van der Waals surface area (Å²) < 4.78 is 0. The maximum absolute atomic E-state index is 12.4. The lowest BCUT2D eigenvalue weighted by Gasteiger charge is -2.21. The second kappa shape index (κ2) is 14.2. The fourth-order valence-corrected chi connectivity index (χ4v) is 2.52. The van der Waals surface area contributed by atoms with E-state index in [0.29, 0.717) is 25.8 Å². The third-order valence-electron chi connectivity index (χ3n) is 3.88. The molecule has 3 amide bonds. The molecule has 3 atom stereocenters. The van der Waals surface area contributed by atoms with Crippen molar-refractivity contribution in [1.29, 1.82) is 0 Å². The van der Waals surface area contributed by atoms with Gasteiger partial charge in [-0.3, -0.25) is 14.4 Å². The molecule has 8 N–H and O–H groups in total. The van der Waals surface area contributed by atoms with E-state index in [1.54, 1.807) is 0 Å². The average molecular weight is 420 g/mol. The highest BCUT2D eigenvalue weighted by Crippen LogP contribution is 2.05. The largest absolute Gasteiger partial charge is 0.480 e. The topological polar surface area (TPSA) is 177 Å². The smallest absolute Gasteiger partial charge is 0.326 e. The first-order valence-corrected chi connectivity index (χ1v) is 9.92. The summed E-state index contributed by atoms with van der Waals surface area (Å²) in [6, 6.07) is -2.76. The number of aliphatic carboxylic acids is 1. The van der Waals surface area contributed by atoms with E-state index in [0.717, 1.165) is 0 Å². The molecule has 0 aromatic carbocycles. The molecule has 0 aromatic heterocycles. The highest BCUT2D eigenvalue weighted by atomic mass is 32.1. The molecule has 0 saturated carbocycles. The van der Waals surface area contributed by atoms with Crippen molar-refractivity contribution in [2.45, 2.75) is 57.7 Å². The van der Waals surface area contributed by atoms with Crippen LogP contribution in [0.1, 0.15) is 39.5 Å². The van der Waals surface area contributed by atoms with Gasteiger partial charge < -0.3 is 32.5 Å². The van der Waals surface area contributed by atoms with E-state index in [2.05, 4.69) is 28.6 Å². The van der Waals surface area contributed by atoms with E-state index in [1.165, 1.54) is 0 Å². The molecule has 11 heteroatoms. The van der Waals surface area contributed by atoms with Crippen molar-refractivity contribution >= 4 is 36.3 Å². The molecule has 162 valence electrons. The SMILES string of the molecule is CC(C)CC(NC(=O)CNC(=O)C(CCCCN)NC(=O)C(N)CS)C(=O)O. The molecular weight excluding hydrogens is 386 g/mol. The van der Waals surface area contributed by atoms with Gasteiger partial charge in [-0.1, -0.05) is 13.8 Å². The van der Waals surface area contributed by atoms with Crippen molar-refractivity contribution in [1.82, 2.24) is 16.0 Å². The molecule has 0 aliphatic carbocycles. The number of carbonyl (C=O) groups excluding carboxylic acids is 3. The maximum Gasteiger partial charge on any atom is 0.326 e. The first-order valence-electron chi connectivity index (χ1n) is 9.29. The lowest BCUT2D eigenvalue weighted by Crippen LogP contribution is -2.53. The predicted octanol–water partition coefficient (Wildman–Crippen LogP) is -1.41. The Morgan fingerprint density at radius 2 is 1.68 bits per heavy atom. The molecule has 0 fully saturated rings. The molecule has 0 aliphatic heterocycles. The molecule has 0 bridgehead atoms. The van der Waals surface area contributed by atoms with Gasteiger partial charge in [0.15, 0.2) is 0 Å². The minimum Gasteiger partial charge on any atom is -0.480 e. The number of thiol groups is 1. The zero-order valence-corrected chi connectivity index (χ0v) is 17.3. The number of carbonyl (C=O) groups is 4. The van der Waals surface area contributed by atoms with E-state index < -0.39 is 48.4 Å². The summed E-state index contributed by atoms with van der Waals surface area (Å²) in [5.74, 6) is -2.63. The Hall–Kier alpha value is -1.85. The number of nitrogens with two attached hydrogens (primary N) is 2. The Balaban J connectivity index is 4.75. The van der Waals surface area contributed by atoms with Gasteiger partial charge in [0.05, 0.1) is 12.6 Å². The number of hydrogen-bond donors (Lipinski definition) is 7. The van der Waals surface area contributed by atoms with Crippen LogP contribution in [-0.2, 0) is 19.2 Å². The van der Waals surface area contributed by atoms with Gasteiger partial charge in [0, 0.05) is 5.75 Å². The summed E-state index contributed by atoms with van der Waals surface area (Å²) in [5, 5.41) is 16.5. The van der Waals surface area contributed by atoms with Crippen LogP contribution in [0.5, 0.6) is 0 Å². The van der Waals surface area contributed by atoms with E-state index in [-0.39, 0.29) is 18.1 Å². The Kier molecular flexibility index (Phi) is 13.3. The Morgan fingerprint density at radius 1 is 1.04 bits per heavy atom.